The van der Waals surface area contributed by atoms with Gasteiger partial charge in [-0.1, -0.05) is 0 Å². The van der Waals surface area contributed by atoms with E-state index in [-0.39, 0.29) is 23.8 Å². The highest BCUT2D eigenvalue weighted by atomic mass is 19.4. The summed E-state index contributed by atoms with van der Waals surface area (Å²) in [5.74, 6) is 0.0366. The number of epoxide rings is 1. The van der Waals surface area contributed by atoms with Gasteiger partial charge in [0.05, 0.1) is 6.61 Å². The molecule has 2 fully saturated rings. The number of amides is 1. The molecular formula is C13H14F3N3O2. The second-order valence-corrected chi connectivity index (χ2v) is 5.22. The lowest BCUT2D eigenvalue weighted by atomic mass is 9.95. The first kappa shape index (κ1) is 14.2. The highest BCUT2D eigenvalue weighted by Crippen LogP contribution is 2.31. The summed E-state index contributed by atoms with van der Waals surface area (Å²) in [5, 5.41) is 0. The van der Waals surface area contributed by atoms with E-state index in [2.05, 4.69) is 9.97 Å². The predicted octanol–water partition coefficient (Wildman–Crippen LogP) is 1.60. The van der Waals surface area contributed by atoms with E-state index < -0.39 is 11.9 Å². The lowest BCUT2D eigenvalue weighted by Crippen LogP contribution is -2.40. The van der Waals surface area contributed by atoms with Gasteiger partial charge in [-0.25, -0.2) is 9.97 Å². The van der Waals surface area contributed by atoms with Gasteiger partial charge in [0.25, 0.3) is 5.91 Å². The number of likely N-dealkylation sites (tertiary alicyclic amines) is 1. The number of alkyl halides is 3. The van der Waals surface area contributed by atoms with Crippen molar-refractivity contribution >= 4 is 5.91 Å². The Morgan fingerprint density at radius 3 is 2.57 bits per heavy atom. The molecule has 1 unspecified atom stereocenters. The van der Waals surface area contributed by atoms with E-state index in [4.69, 9.17) is 4.74 Å². The van der Waals surface area contributed by atoms with Crippen LogP contribution in [-0.4, -0.2) is 46.6 Å². The summed E-state index contributed by atoms with van der Waals surface area (Å²) in [6.07, 6.45) is -2.50. The van der Waals surface area contributed by atoms with E-state index in [1.54, 1.807) is 4.90 Å². The van der Waals surface area contributed by atoms with Gasteiger partial charge in [-0.2, -0.15) is 13.2 Å². The molecule has 0 aliphatic carbocycles. The summed E-state index contributed by atoms with van der Waals surface area (Å²) in [5.41, 5.74) is -0.919. The van der Waals surface area contributed by atoms with Crippen molar-refractivity contribution < 1.29 is 22.7 Å². The molecule has 0 radical (unpaired) electrons. The Balaban J connectivity index is 1.65. The van der Waals surface area contributed by atoms with Crippen LogP contribution in [0.2, 0.25) is 0 Å². The molecule has 0 spiro atoms. The Hall–Kier alpha value is -1.70. The van der Waals surface area contributed by atoms with Crippen LogP contribution in [0.25, 0.3) is 0 Å². The maximum Gasteiger partial charge on any atom is 0.433 e. The lowest BCUT2D eigenvalue weighted by Gasteiger charge is -2.31. The molecule has 0 N–H and O–H groups in total. The molecule has 0 aromatic carbocycles. The minimum Gasteiger partial charge on any atom is -0.363 e. The summed E-state index contributed by atoms with van der Waals surface area (Å²) in [6.45, 7) is 1.47. The van der Waals surface area contributed by atoms with E-state index in [1.165, 1.54) is 0 Å². The lowest BCUT2D eigenvalue weighted by molar-refractivity contribution is -0.141. The van der Waals surface area contributed by atoms with Crippen molar-refractivity contribution in [2.45, 2.75) is 31.0 Å². The first-order chi connectivity index (χ1) is 9.95. The number of rotatable bonds is 2. The Labute approximate surface area is 119 Å². The molecular weight excluding hydrogens is 287 g/mol. The molecule has 3 rings (SSSR count). The first-order valence-corrected chi connectivity index (χ1v) is 6.75. The van der Waals surface area contributed by atoms with Gasteiger partial charge in [0.15, 0.2) is 6.10 Å². The van der Waals surface area contributed by atoms with Crippen molar-refractivity contribution in [2.24, 2.45) is 0 Å². The zero-order chi connectivity index (χ0) is 15.0. The van der Waals surface area contributed by atoms with Gasteiger partial charge in [-0.3, -0.25) is 4.79 Å². The monoisotopic (exact) mass is 301 g/mol. The first-order valence-electron chi connectivity index (χ1n) is 6.75. The molecule has 1 aromatic rings. The fraction of sp³-hybridized carbons (Fsp3) is 0.615. The van der Waals surface area contributed by atoms with Gasteiger partial charge in [0.1, 0.15) is 11.5 Å². The van der Waals surface area contributed by atoms with E-state index >= 15 is 0 Å². The van der Waals surface area contributed by atoms with Crippen molar-refractivity contribution in [3.8, 4) is 0 Å². The standard InChI is InChI=1S/C13H14F3N3O2/c14-13(15,16)10-1-4-17-11(18-10)8-2-5-19(6-3-8)12(20)9-7-21-9/h1,4,8-9H,2-3,5-7H2. The number of aromatic nitrogens is 2. The number of ether oxygens (including phenoxy) is 1. The number of nitrogens with zero attached hydrogens (tertiary/aromatic N) is 3. The summed E-state index contributed by atoms with van der Waals surface area (Å²) in [7, 11) is 0. The van der Waals surface area contributed by atoms with Gasteiger partial charge < -0.3 is 9.64 Å². The molecule has 0 saturated carbocycles. The van der Waals surface area contributed by atoms with Crippen LogP contribution in [0, 0.1) is 0 Å². The Morgan fingerprint density at radius 2 is 2.00 bits per heavy atom. The summed E-state index contributed by atoms with van der Waals surface area (Å²) < 4.78 is 42.9. The second-order valence-electron chi connectivity index (χ2n) is 5.22. The highest BCUT2D eigenvalue weighted by Gasteiger charge is 2.37. The van der Waals surface area contributed by atoms with Crippen LogP contribution >= 0.6 is 0 Å². The van der Waals surface area contributed by atoms with Crippen molar-refractivity contribution in [3.63, 3.8) is 0 Å². The number of hydrogen-bond acceptors (Lipinski definition) is 4. The average Bonchev–Trinajstić information content (AvgIpc) is 3.31. The summed E-state index contributed by atoms with van der Waals surface area (Å²) in [4.78, 5) is 21.1. The van der Waals surface area contributed by atoms with Crippen molar-refractivity contribution in [1.82, 2.24) is 14.9 Å². The molecule has 21 heavy (non-hydrogen) atoms. The van der Waals surface area contributed by atoms with Crippen LogP contribution < -0.4 is 0 Å². The molecule has 2 aliphatic heterocycles. The quantitative estimate of drug-likeness (QED) is 0.779. The predicted molar refractivity (Wildman–Crippen MR) is 65.3 cm³/mol. The van der Waals surface area contributed by atoms with Crippen molar-refractivity contribution in [2.75, 3.05) is 19.7 Å². The smallest absolute Gasteiger partial charge is 0.363 e. The van der Waals surface area contributed by atoms with Crippen LogP contribution in [0.15, 0.2) is 12.3 Å². The molecule has 5 nitrogen and oxygen atoms in total. The van der Waals surface area contributed by atoms with Crippen LogP contribution in [0.5, 0.6) is 0 Å². The van der Waals surface area contributed by atoms with Crippen molar-refractivity contribution in [3.05, 3.63) is 23.8 Å². The fourth-order valence-corrected chi connectivity index (χ4v) is 2.48. The van der Waals surface area contributed by atoms with E-state index in [0.717, 1.165) is 12.3 Å². The van der Waals surface area contributed by atoms with Gasteiger partial charge in [-0.15, -0.1) is 0 Å². The van der Waals surface area contributed by atoms with Gasteiger partial charge in [0, 0.05) is 25.2 Å². The topological polar surface area (TPSA) is 58.6 Å². The average molecular weight is 301 g/mol. The SMILES string of the molecule is O=C(C1CO1)N1CCC(c2nccc(C(F)(F)F)n2)CC1. The number of halogens is 3. The Morgan fingerprint density at radius 1 is 1.33 bits per heavy atom. The Bertz CT molecular complexity index is 538. The fourth-order valence-electron chi connectivity index (χ4n) is 2.48. The Kier molecular flexibility index (Phi) is 3.56. The molecule has 2 aliphatic rings. The third-order valence-electron chi connectivity index (χ3n) is 3.75. The van der Waals surface area contributed by atoms with Crippen LogP contribution in [-0.2, 0) is 15.7 Å². The largest absolute Gasteiger partial charge is 0.433 e. The summed E-state index contributed by atoms with van der Waals surface area (Å²) in [6, 6.07) is 0.868. The number of carbonyl (C=O) groups is 1. The zero-order valence-electron chi connectivity index (χ0n) is 11.1. The maximum atomic E-state index is 12.6. The maximum absolute atomic E-state index is 12.6. The van der Waals surface area contributed by atoms with E-state index in [1.807, 2.05) is 0 Å². The third kappa shape index (κ3) is 3.15. The van der Waals surface area contributed by atoms with E-state index in [9.17, 15) is 18.0 Å². The van der Waals surface area contributed by atoms with Crippen LogP contribution in [0.4, 0.5) is 13.2 Å². The number of hydrogen-bond donors (Lipinski definition) is 0. The van der Waals surface area contributed by atoms with Gasteiger partial charge in [0.2, 0.25) is 0 Å². The molecule has 1 atom stereocenters. The minimum atomic E-state index is -4.46. The number of carbonyl (C=O) groups excluding carboxylic acids is 1. The summed E-state index contributed by atoms with van der Waals surface area (Å²) >= 11 is 0. The van der Waals surface area contributed by atoms with Gasteiger partial charge in [-0.05, 0) is 18.9 Å². The molecule has 0 bridgehead atoms. The molecule has 8 heteroatoms. The second kappa shape index (κ2) is 5.25. The molecule has 1 amide bonds. The molecule has 114 valence electrons. The van der Waals surface area contributed by atoms with E-state index in [0.29, 0.717) is 32.5 Å². The van der Waals surface area contributed by atoms with Crippen LogP contribution in [0.3, 0.4) is 0 Å². The third-order valence-corrected chi connectivity index (χ3v) is 3.75. The van der Waals surface area contributed by atoms with Crippen molar-refractivity contribution in [1.29, 1.82) is 0 Å². The molecule has 3 heterocycles. The van der Waals surface area contributed by atoms with Crippen LogP contribution in [0.1, 0.15) is 30.3 Å². The van der Waals surface area contributed by atoms with Gasteiger partial charge >= 0.3 is 6.18 Å². The highest BCUT2D eigenvalue weighted by molar-refractivity contribution is 5.83. The molecule has 2 saturated heterocycles. The number of piperidine rings is 1. The molecule has 1 aromatic heterocycles. The normalized spacial score (nSPS) is 23.2. The zero-order valence-corrected chi connectivity index (χ0v) is 11.1. The minimum absolute atomic E-state index is 0.0292.